The topological polar surface area (TPSA) is 84.0 Å². The van der Waals surface area contributed by atoms with Crippen molar-refractivity contribution in [2.45, 2.75) is 26.8 Å². The lowest BCUT2D eigenvalue weighted by Gasteiger charge is -2.21. The van der Waals surface area contributed by atoms with Gasteiger partial charge in [0, 0.05) is 24.8 Å². The molecule has 8 heteroatoms. The maximum Gasteiger partial charge on any atom is 0.258 e. The fraction of sp³-hybridized carbons (Fsp3) is 0.312. The molecule has 3 aromatic rings. The second-order valence-corrected chi connectivity index (χ2v) is 6.19. The molecule has 4 rings (SSSR count). The molecule has 1 aliphatic heterocycles. The molecule has 0 unspecified atom stereocenters. The van der Waals surface area contributed by atoms with Crippen LogP contribution in [0.2, 0.25) is 0 Å². The predicted molar refractivity (Wildman–Crippen MR) is 91.0 cm³/mol. The Hall–Kier alpha value is -2.87. The number of aryl methyl sites for hydroxylation is 2. The van der Waals surface area contributed by atoms with Gasteiger partial charge in [-0.15, -0.1) is 5.53 Å². The summed E-state index contributed by atoms with van der Waals surface area (Å²) in [5.74, 6) is 0.973. The maximum absolute atomic E-state index is 5.43. The molecule has 0 fully saturated rings. The minimum atomic E-state index is 0.340. The van der Waals surface area contributed by atoms with Gasteiger partial charge in [0.25, 0.3) is 5.89 Å². The third-order valence-corrected chi connectivity index (χ3v) is 3.98. The van der Waals surface area contributed by atoms with Crippen molar-refractivity contribution in [3.63, 3.8) is 0 Å². The van der Waals surface area contributed by atoms with Crippen molar-refractivity contribution < 1.29 is 4.52 Å². The van der Waals surface area contributed by atoms with Crippen molar-refractivity contribution in [2.75, 3.05) is 10.4 Å². The summed E-state index contributed by atoms with van der Waals surface area (Å²) in [5, 5.41) is 10.5. The molecule has 1 aromatic carbocycles. The molecule has 24 heavy (non-hydrogen) atoms. The number of hydrazine groups is 2. The van der Waals surface area contributed by atoms with Crippen LogP contribution >= 0.6 is 0 Å². The zero-order valence-electron chi connectivity index (χ0n) is 14.0. The highest BCUT2D eigenvalue weighted by atomic mass is 16.5. The van der Waals surface area contributed by atoms with Gasteiger partial charge < -0.3 is 9.95 Å². The van der Waals surface area contributed by atoms with E-state index in [4.69, 9.17) is 4.52 Å². The average molecular weight is 325 g/mol. The molecule has 1 aliphatic rings. The summed E-state index contributed by atoms with van der Waals surface area (Å²) in [7, 11) is 1.87. The van der Waals surface area contributed by atoms with Crippen molar-refractivity contribution >= 4 is 11.4 Å². The zero-order chi connectivity index (χ0) is 16.8. The number of fused-ring (bicyclic) bond motifs is 1. The maximum atomic E-state index is 5.43. The van der Waals surface area contributed by atoms with Gasteiger partial charge in [-0.1, -0.05) is 5.16 Å². The molecule has 124 valence electrons. The fourth-order valence-electron chi connectivity index (χ4n) is 2.83. The van der Waals surface area contributed by atoms with Gasteiger partial charge in [-0.25, -0.2) is 0 Å². The van der Waals surface area contributed by atoms with Crippen LogP contribution in [-0.2, 0) is 7.05 Å². The van der Waals surface area contributed by atoms with Crippen LogP contribution in [0.4, 0.5) is 11.4 Å². The van der Waals surface area contributed by atoms with Crippen LogP contribution in [0, 0.1) is 6.92 Å². The van der Waals surface area contributed by atoms with Crippen LogP contribution in [0.3, 0.4) is 0 Å². The van der Waals surface area contributed by atoms with Crippen molar-refractivity contribution in [1.29, 1.82) is 0 Å². The van der Waals surface area contributed by atoms with E-state index < -0.39 is 0 Å². The molecule has 0 bridgehead atoms. The third-order valence-electron chi connectivity index (χ3n) is 3.98. The van der Waals surface area contributed by atoms with E-state index in [2.05, 4.69) is 45.1 Å². The summed E-state index contributed by atoms with van der Waals surface area (Å²) in [4.78, 5) is 4.49. The lowest BCUT2D eigenvalue weighted by atomic mass is 10.1. The van der Waals surface area contributed by atoms with E-state index >= 15 is 0 Å². The van der Waals surface area contributed by atoms with Crippen molar-refractivity contribution in [1.82, 2.24) is 25.5 Å². The monoisotopic (exact) mass is 325 g/mol. The number of nitrogens with one attached hydrogen (secondary N) is 2. The molecule has 0 saturated heterocycles. The Kier molecular flexibility index (Phi) is 3.27. The van der Waals surface area contributed by atoms with Crippen LogP contribution in [0.5, 0.6) is 0 Å². The van der Waals surface area contributed by atoms with Crippen molar-refractivity contribution in [2.24, 2.45) is 7.05 Å². The van der Waals surface area contributed by atoms with E-state index in [1.54, 1.807) is 4.68 Å². The summed E-state index contributed by atoms with van der Waals surface area (Å²) in [6.45, 7) is 6.22. The SMILES string of the molecule is Cc1cn(C)nc1-c1noc(-c2ccc3c(c2)NNN3C(C)C)n1. The van der Waals surface area contributed by atoms with E-state index in [9.17, 15) is 0 Å². The molecule has 0 atom stereocenters. The lowest BCUT2D eigenvalue weighted by Crippen LogP contribution is -2.41. The van der Waals surface area contributed by atoms with Gasteiger partial charge in [-0.2, -0.15) is 10.1 Å². The Balaban J connectivity index is 1.67. The highest BCUT2D eigenvalue weighted by Crippen LogP contribution is 2.34. The van der Waals surface area contributed by atoms with Crippen molar-refractivity contribution in [3.05, 3.63) is 30.0 Å². The average Bonchev–Trinajstić information content (AvgIpc) is 3.24. The number of benzene rings is 1. The highest BCUT2D eigenvalue weighted by molar-refractivity contribution is 5.78. The van der Waals surface area contributed by atoms with Crippen LogP contribution in [0.1, 0.15) is 19.4 Å². The zero-order valence-corrected chi connectivity index (χ0v) is 14.0. The van der Waals surface area contributed by atoms with E-state index in [-0.39, 0.29) is 0 Å². The molecule has 0 radical (unpaired) electrons. The fourth-order valence-corrected chi connectivity index (χ4v) is 2.83. The van der Waals surface area contributed by atoms with Crippen LogP contribution in [-0.4, -0.2) is 26.0 Å². The largest absolute Gasteiger partial charge is 0.334 e. The molecule has 2 aromatic heterocycles. The Morgan fingerprint density at radius 1 is 1.25 bits per heavy atom. The Bertz CT molecular complexity index is 896. The molecule has 3 heterocycles. The standard InChI is InChI=1S/C16H19N7O/c1-9(2)23-13-6-5-11(7-12(13)18-21-23)16-17-15(20-24-16)14-10(3)8-22(4)19-14/h5-9,18,21H,1-4H3. The first-order valence-electron chi connectivity index (χ1n) is 7.82. The number of rotatable bonds is 3. The predicted octanol–water partition coefficient (Wildman–Crippen LogP) is 2.51. The van der Waals surface area contributed by atoms with E-state index in [0.29, 0.717) is 17.8 Å². The van der Waals surface area contributed by atoms with E-state index in [1.165, 1.54) is 0 Å². The molecule has 0 spiro atoms. The number of hydrogen-bond donors (Lipinski definition) is 2. The number of hydrogen-bond acceptors (Lipinski definition) is 7. The van der Waals surface area contributed by atoms with Crippen LogP contribution in [0.25, 0.3) is 23.0 Å². The summed E-state index contributed by atoms with van der Waals surface area (Å²) >= 11 is 0. The Morgan fingerprint density at radius 2 is 2.08 bits per heavy atom. The molecule has 0 amide bonds. The number of aromatic nitrogens is 4. The van der Waals surface area contributed by atoms with Crippen LogP contribution < -0.4 is 16.0 Å². The molecule has 8 nitrogen and oxygen atoms in total. The first kappa shape index (κ1) is 14.7. The molecule has 0 saturated carbocycles. The highest BCUT2D eigenvalue weighted by Gasteiger charge is 2.22. The third kappa shape index (κ3) is 2.31. The number of nitrogens with zero attached hydrogens (tertiary/aromatic N) is 5. The van der Waals surface area contributed by atoms with E-state index in [0.717, 1.165) is 28.2 Å². The normalized spacial score (nSPS) is 13.5. The summed E-state index contributed by atoms with van der Waals surface area (Å²) in [5.41, 5.74) is 11.0. The number of anilines is 2. The Labute approximate surface area is 139 Å². The van der Waals surface area contributed by atoms with Crippen molar-refractivity contribution in [3.8, 4) is 23.0 Å². The quantitative estimate of drug-likeness (QED) is 0.765. The summed E-state index contributed by atoms with van der Waals surface area (Å²) in [6, 6.07) is 6.35. The lowest BCUT2D eigenvalue weighted by molar-refractivity contribution is 0.432. The van der Waals surface area contributed by atoms with Gasteiger partial charge >= 0.3 is 0 Å². The second kappa shape index (κ2) is 5.34. The first-order valence-corrected chi connectivity index (χ1v) is 7.82. The van der Waals surface area contributed by atoms with E-state index in [1.807, 2.05) is 38.4 Å². The second-order valence-electron chi connectivity index (χ2n) is 6.19. The summed E-state index contributed by atoms with van der Waals surface area (Å²) in [6.07, 6.45) is 1.93. The first-order chi connectivity index (χ1) is 11.5. The summed E-state index contributed by atoms with van der Waals surface area (Å²) < 4.78 is 7.17. The van der Waals surface area contributed by atoms with Gasteiger partial charge in [0.15, 0.2) is 0 Å². The Morgan fingerprint density at radius 3 is 2.79 bits per heavy atom. The van der Waals surface area contributed by atoms with Gasteiger partial charge in [0.05, 0.1) is 11.4 Å². The minimum Gasteiger partial charge on any atom is -0.334 e. The van der Waals surface area contributed by atoms with Gasteiger partial charge in [0.2, 0.25) is 5.82 Å². The minimum absolute atomic E-state index is 0.340. The van der Waals surface area contributed by atoms with Gasteiger partial charge in [-0.05, 0) is 44.5 Å². The van der Waals surface area contributed by atoms with Gasteiger partial charge in [0.1, 0.15) is 5.69 Å². The molecule has 2 N–H and O–H groups in total. The molecular formula is C16H19N7O. The molecule has 0 aliphatic carbocycles. The smallest absolute Gasteiger partial charge is 0.258 e. The van der Waals surface area contributed by atoms with Gasteiger partial charge in [-0.3, -0.25) is 9.69 Å². The van der Waals surface area contributed by atoms with Crippen LogP contribution in [0.15, 0.2) is 28.9 Å². The molecular weight excluding hydrogens is 306 g/mol.